The van der Waals surface area contributed by atoms with Crippen molar-refractivity contribution in [2.24, 2.45) is 0 Å². The molecule has 1 aromatic rings. The van der Waals surface area contributed by atoms with E-state index in [0.29, 0.717) is 10.8 Å². The van der Waals surface area contributed by atoms with Crippen LogP contribution in [-0.4, -0.2) is 38.0 Å². The van der Waals surface area contributed by atoms with Crippen LogP contribution < -0.4 is 10.1 Å². The van der Waals surface area contributed by atoms with Crippen molar-refractivity contribution >= 4 is 35.1 Å². The van der Waals surface area contributed by atoms with Gasteiger partial charge in [0.2, 0.25) is 0 Å². The zero-order valence-corrected chi connectivity index (χ0v) is 11.9. The second-order valence-corrected chi connectivity index (χ2v) is 4.51. The lowest BCUT2D eigenvalue weighted by molar-refractivity contribution is -0.140. The van der Waals surface area contributed by atoms with Gasteiger partial charge in [-0.25, -0.2) is 0 Å². The third kappa shape index (κ3) is 4.29. The highest BCUT2D eigenvalue weighted by molar-refractivity contribution is 6.31. The smallest absolute Gasteiger partial charge is 0.325 e. The van der Waals surface area contributed by atoms with E-state index >= 15 is 0 Å². The lowest BCUT2D eigenvalue weighted by Crippen LogP contribution is -2.34. The Morgan fingerprint density at radius 2 is 2.05 bits per heavy atom. The molecule has 1 unspecified atom stereocenters. The third-order valence-electron chi connectivity index (χ3n) is 2.30. The Morgan fingerprint density at radius 3 is 2.63 bits per heavy atom. The van der Waals surface area contributed by atoms with E-state index in [1.54, 1.807) is 12.1 Å². The number of hydrogen-bond acceptors (Lipinski definition) is 4. The molecule has 1 atom stereocenters. The second kappa shape index (κ2) is 7.21. The molecule has 0 radical (unpaired) electrons. The third-order valence-corrected chi connectivity index (χ3v) is 2.87. The van der Waals surface area contributed by atoms with Gasteiger partial charge in [-0.2, -0.15) is 0 Å². The van der Waals surface area contributed by atoms with Crippen molar-refractivity contribution in [1.82, 2.24) is 5.32 Å². The van der Waals surface area contributed by atoms with Gasteiger partial charge in [0.05, 0.1) is 19.8 Å². The fourth-order valence-electron chi connectivity index (χ4n) is 1.35. The molecular weight excluding hydrogens is 293 g/mol. The molecule has 5 nitrogen and oxygen atoms in total. The van der Waals surface area contributed by atoms with E-state index in [9.17, 15) is 9.59 Å². The SMILES string of the molecule is COC(=O)C(Cl)CNC(=O)c1cc(Cl)ccc1OC. The fourth-order valence-corrected chi connectivity index (χ4v) is 1.68. The van der Waals surface area contributed by atoms with E-state index in [1.807, 2.05) is 0 Å². The van der Waals surface area contributed by atoms with Crippen LogP contribution in [0, 0.1) is 0 Å². The Bertz CT molecular complexity index is 479. The summed E-state index contributed by atoms with van der Waals surface area (Å²) in [5.41, 5.74) is 0.267. The van der Waals surface area contributed by atoms with Crippen molar-refractivity contribution < 1.29 is 19.1 Å². The normalized spacial score (nSPS) is 11.6. The molecule has 19 heavy (non-hydrogen) atoms. The minimum atomic E-state index is -0.945. The van der Waals surface area contributed by atoms with Gasteiger partial charge in [0.25, 0.3) is 5.91 Å². The van der Waals surface area contributed by atoms with Gasteiger partial charge in [0.1, 0.15) is 11.1 Å². The maximum atomic E-state index is 11.9. The number of hydrogen-bond donors (Lipinski definition) is 1. The molecule has 0 bridgehead atoms. The number of rotatable bonds is 5. The van der Waals surface area contributed by atoms with Crippen molar-refractivity contribution in [1.29, 1.82) is 0 Å². The molecule has 0 aromatic heterocycles. The van der Waals surface area contributed by atoms with E-state index in [2.05, 4.69) is 10.1 Å². The van der Waals surface area contributed by atoms with Crippen molar-refractivity contribution in [3.05, 3.63) is 28.8 Å². The summed E-state index contributed by atoms with van der Waals surface area (Å²) >= 11 is 11.5. The summed E-state index contributed by atoms with van der Waals surface area (Å²) in [5.74, 6) is -0.667. The molecule has 1 amide bonds. The van der Waals surface area contributed by atoms with Crippen LogP contribution in [0.4, 0.5) is 0 Å². The average molecular weight is 306 g/mol. The number of alkyl halides is 1. The highest BCUT2D eigenvalue weighted by atomic mass is 35.5. The highest BCUT2D eigenvalue weighted by Crippen LogP contribution is 2.22. The van der Waals surface area contributed by atoms with Crippen molar-refractivity contribution in [3.63, 3.8) is 0 Å². The van der Waals surface area contributed by atoms with E-state index in [0.717, 1.165) is 0 Å². The summed E-state index contributed by atoms with van der Waals surface area (Å²) in [4.78, 5) is 23.0. The van der Waals surface area contributed by atoms with E-state index < -0.39 is 17.3 Å². The number of methoxy groups -OCH3 is 2. The van der Waals surface area contributed by atoms with Gasteiger partial charge in [-0.3, -0.25) is 9.59 Å². The van der Waals surface area contributed by atoms with E-state index in [4.69, 9.17) is 27.9 Å². The Labute approximate surface area is 120 Å². The molecule has 0 aliphatic carbocycles. The molecule has 0 heterocycles. The fraction of sp³-hybridized carbons (Fsp3) is 0.333. The number of carbonyl (C=O) groups is 2. The average Bonchev–Trinajstić information content (AvgIpc) is 2.43. The molecule has 0 saturated heterocycles. The monoisotopic (exact) mass is 305 g/mol. The first-order chi connectivity index (χ1) is 8.99. The molecule has 1 aromatic carbocycles. The summed E-state index contributed by atoms with van der Waals surface area (Å²) in [6, 6.07) is 4.66. The first kappa shape index (κ1) is 15.6. The van der Waals surface area contributed by atoms with Crippen molar-refractivity contribution in [2.45, 2.75) is 5.38 Å². The number of benzene rings is 1. The number of nitrogens with one attached hydrogen (secondary N) is 1. The van der Waals surface area contributed by atoms with Crippen LogP contribution in [0.5, 0.6) is 5.75 Å². The van der Waals surface area contributed by atoms with Gasteiger partial charge in [0.15, 0.2) is 0 Å². The topological polar surface area (TPSA) is 64.6 Å². The Balaban J connectivity index is 2.73. The van der Waals surface area contributed by atoms with Gasteiger partial charge in [-0.15, -0.1) is 11.6 Å². The maximum Gasteiger partial charge on any atom is 0.325 e. The molecule has 0 aliphatic heterocycles. The summed E-state index contributed by atoms with van der Waals surface area (Å²) in [5, 5.41) is 1.96. The predicted octanol–water partition coefficient (Wildman–Crippen LogP) is 1.86. The Hall–Kier alpha value is -1.46. The van der Waals surface area contributed by atoms with E-state index in [-0.39, 0.29) is 12.1 Å². The maximum absolute atomic E-state index is 11.9. The zero-order chi connectivity index (χ0) is 14.4. The van der Waals surface area contributed by atoms with Gasteiger partial charge in [-0.05, 0) is 18.2 Å². The first-order valence-corrected chi connectivity index (χ1v) is 6.14. The molecule has 1 N–H and O–H groups in total. The summed E-state index contributed by atoms with van der Waals surface area (Å²) in [7, 11) is 2.67. The lowest BCUT2D eigenvalue weighted by atomic mass is 10.2. The summed E-state index contributed by atoms with van der Waals surface area (Å²) < 4.78 is 9.50. The second-order valence-electron chi connectivity index (χ2n) is 3.55. The molecule has 0 fully saturated rings. The van der Waals surface area contributed by atoms with Crippen LogP contribution >= 0.6 is 23.2 Å². The van der Waals surface area contributed by atoms with Crippen LogP contribution in [0.3, 0.4) is 0 Å². The number of esters is 1. The Morgan fingerprint density at radius 1 is 1.37 bits per heavy atom. The molecule has 0 saturated carbocycles. The van der Waals surface area contributed by atoms with Gasteiger partial charge in [0, 0.05) is 11.6 Å². The van der Waals surface area contributed by atoms with Crippen LogP contribution in [0.15, 0.2) is 18.2 Å². The number of amides is 1. The number of carbonyl (C=O) groups excluding carboxylic acids is 2. The largest absolute Gasteiger partial charge is 0.496 e. The summed E-state index contributed by atoms with van der Waals surface area (Å²) in [6.45, 7) is -0.0528. The highest BCUT2D eigenvalue weighted by Gasteiger charge is 2.18. The minimum Gasteiger partial charge on any atom is -0.496 e. The van der Waals surface area contributed by atoms with Crippen LogP contribution in [0.25, 0.3) is 0 Å². The van der Waals surface area contributed by atoms with Gasteiger partial charge >= 0.3 is 5.97 Å². The number of ether oxygens (including phenoxy) is 2. The standard InChI is InChI=1S/C12H13Cl2NO4/c1-18-10-4-3-7(13)5-8(10)11(16)15-6-9(14)12(17)19-2/h3-5,9H,6H2,1-2H3,(H,15,16). The minimum absolute atomic E-state index is 0.0528. The van der Waals surface area contributed by atoms with Gasteiger partial charge in [-0.1, -0.05) is 11.6 Å². The first-order valence-electron chi connectivity index (χ1n) is 5.33. The zero-order valence-electron chi connectivity index (χ0n) is 10.4. The molecule has 104 valence electrons. The van der Waals surface area contributed by atoms with Crippen LogP contribution in [0.1, 0.15) is 10.4 Å². The van der Waals surface area contributed by atoms with Gasteiger partial charge < -0.3 is 14.8 Å². The quantitative estimate of drug-likeness (QED) is 0.666. The van der Waals surface area contributed by atoms with Crippen LogP contribution in [0.2, 0.25) is 5.02 Å². The number of halogens is 2. The molecular formula is C12H13Cl2NO4. The molecule has 0 aliphatic rings. The Kier molecular flexibility index (Phi) is 5.92. The molecule has 1 rings (SSSR count). The van der Waals surface area contributed by atoms with Crippen molar-refractivity contribution in [2.75, 3.05) is 20.8 Å². The van der Waals surface area contributed by atoms with Crippen molar-refractivity contribution in [3.8, 4) is 5.75 Å². The summed E-state index contributed by atoms with van der Waals surface area (Å²) in [6.07, 6.45) is 0. The van der Waals surface area contributed by atoms with E-state index in [1.165, 1.54) is 20.3 Å². The van der Waals surface area contributed by atoms with Crippen LogP contribution in [-0.2, 0) is 9.53 Å². The lowest BCUT2D eigenvalue weighted by Gasteiger charge is -2.11. The molecule has 0 spiro atoms. The molecule has 7 heteroatoms. The predicted molar refractivity (Wildman–Crippen MR) is 72.0 cm³/mol.